The largest absolute Gasteiger partial charge is 0.493 e. The number of rotatable bonds is 6. The van der Waals surface area contributed by atoms with Crippen molar-refractivity contribution >= 4 is 6.29 Å². The van der Waals surface area contributed by atoms with E-state index in [1.807, 2.05) is 13.8 Å². The molecule has 92 valence electrons. The van der Waals surface area contributed by atoms with Crippen LogP contribution in [-0.2, 0) is 0 Å². The van der Waals surface area contributed by atoms with Crippen LogP contribution in [0, 0.1) is 0 Å². The number of carbonyl (C=O) groups excluding carboxylic acids is 1. The zero-order chi connectivity index (χ0) is 12.8. The fourth-order valence-corrected chi connectivity index (χ4v) is 1.74. The molecule has 3 nitrogen and oxygen atoms in total. The summed E-state index contributed by atoms with van der Waals surface area (Å²) in [6, 6.07) is 3.48. The van der Waals surface area contributed by atoms with Crippen LogP contribution in [0.1, 0.15) is 35.7 Å². The van der Waals surface area contributed by atoms with E-state index in [1.165, 1.54) is 0 Å². The van der Waals surface area contributed by atoms with Gasteiger partial charge in [-0.1, -0.05) is 13.0 Å². The summed E-state index contributed by atoms with van der Waals surface area (Å²) < 4.78 is 10.9. The van der Waals surface area contributed by atoms with Crippen molar-refractivity contribution in [3.05, 3.63) is 35.9 Å². The standard InChI is InChI=1S/C14H18O3/c1-5-10(3)13-11(9-15)7-8-12(16-4)14(13)17-6-2/h5,7-10H,1,6H2,2-4H3. The Morgan fingerprint density at radius 1 is 1.47 bits per heavy atom. The van der Waals surface area contributed by atoms with Gasteiger partial charge in [-0.05, 0) is 19.1 Å². The van der Waals surface area contributed by atoms with Gasteiger partial charge in [0.2, 0.25) is 0 Å². The quantitative estimate of drug-likeness (QED) is 0.560. The lowest BCUT2D eigenvalue weighted by molar-refractivity contribution is 0.112. The lowest BCUT2D eigenvalue weighted by Gasteiger charge is -2.18. The van der Waals surface area contributed by atoms with E-state index in [0.717, 1.165) is 11.8 Å². The Hall–Kier alpha value is -1.77. The van der Waals surface area contributed by atoms with Gasteiger partial charge in [-0.15, -0.1) is 6.58 Å². The maximum atomic E-state index is 11.1. The molecule has 1 unspecified atom stereocenters. The maximum Gasteiger partial charge on any atom is 0.165 e. The van der Waals surface area contributed by atoms with Gasteiger partial charge in [0.05, 0.1) is 13.7 Å². The molecule has 17 heavy (non-hydrogen) atoms. The topological polar surface area (TPSA) is 35.5 Å². The summed E-state index contributed by atoms with van der Waals surface area (Å²) in [6.07, 6.45) is 2.61. The fraction of sp³-hybridized carbons (Fsp3) is 0.357. The van der Waals surface area contributed by atoms with E-state index in [4.69, 9.17) is 9.47 Å². The van der Waals surface area contributed by atoms with Crippen LogP contribution < -0.4 is 9.47 Å². The smallest absolute Gasteiger partial charge is 0.165 e. The molecule has 0 N–H and O–H groups in total. The van der Waals surface area contributed by atoms with E-state index < -0.39 is 0 Å². The number of hydrogen-bond donors (Lipinski definition) is 0. The average Bonchev–Trinajstić information content (AvgIpc) is 2.37. The Kier molecular flexibility index (Phi) is 4.76. The normalized spacial score (nSPS) is 11.7. The summed E-state index contributed by atoms with van der Waals surface area (Å²) in [5.74, 6) is 1.31. The van der Waals surface area contributed by atoms with Crippen molar-refractivity contribution < 1.29 is 14.3 Å². The first-order valence-electron chi connectivity index (χ1n) is 5.60. The van der Waals surface area contributed by atoms with Crippen LogP contribution in [0.25, 0.3) is 0 Å². The molecule has 0 aliphatic rings. The van der Waals surface area contributed by atoms with Gasteiger partial charge in [0.1, 0.15) is 6.29 Å². The molecule has 1 atom stereocenters. The molecule has 0 saturated carbocycles. The highest BCUT2D eigenvalue weighted by molar-refractivity contribution is 5.80. The highest BCUT2D eigenvalue weighted by atomic mass is 16.5. The summed E-state index contributed by atoms with van der Waals surface area (Å²) in [5.41, 5.74) is 1.44. The number of ether oxygens (including phenoxy) is 2. The Morgan fingerprint density at radius 3 is 2.65 bits per heavy atom. The minimum absolute atomic E-state index is 0.0341. The number of benzene rings is 1. The van der Waals surface area contributed by atoms with Gasteiger partial charge in [-0.25, -0.2) is 0 Å². The van der Waals surface area contributed by atoms with Crippen LogP contribution in [0.2, 0.25) is 0 Å². The van der Waals surface area contributed by atoms with Gasteiger partial charge < -0.3 is 9.47 Å². The Bertz CT molecular complexity index is 410. The molecule has 1 rings (SSSR count). The van der Waals surface area contributed by atoms with E-state index in [0.29, 0.717) is 23.7 Å². The van der Waals surface area contributed by atoms with Crippen LogP contribution in [0.4, 0.5) is 0 Å². The molecule has 0 heterocycles. The maximum absolute atomic E-state index is 11.1. The first kappa shape index (κ1) is 13.3. The summed E-state index contributed by atoms with van der Waals surface area (Å²) >= 11 is 0. The Balaban J connectivity index is 3.45. The molecule has 0 aromatic heterocycles. The molecule has 3 heteroatoms. The molecule has 1 aromatic carbocycles. The lowest BCUT2D eigenvalue weighted by atomic mass is 9.94. The van der Waals surface area contributed by atoms with Crippen LogP contribution >= 0.6 is 0 Å². The van der Waals surface area contributed by atoms with Gasteiger partial charge >= 0.3 is 0 Å². The third kappa shape index (κ3) is 2.67. The van der Waals surface area contributed by atoms with Crippen molar-refractivity contribution in [2.45, 2.75) is 19.8 Å². The first-order chi connectivity index (χ1) is 8.19. The number of carbonyl (C=O) groups is 1. The van der Waals surface area contributed by atoms with E-state index in [-0.39, 0.29) is 5.92 Å². The van der Waals surface area contributed by atoms with Crippen molar-refractivity contribution in [2.24, 2.45) is 0 Å². The van der Waals surface area contributed by atoms with Crippen molar-refractivity contribution in [1.82, 2.24) is 0 Å². The lowest BCUT2D eigenvalue weighted by Crippen LogP contribution is -2.05. The zero-order valence-electron chi connectivity index (χ0n) is 10.5. The number of aldehydes is 1. The van der Waals surface area contributed by atoms with Crippen molar-refractivity contribution in [3.63, 3.8) is 0 Å². The van der Waals surface area contributed by atoms with E-state index in [1.54, 1.807) is 25.3 Å². The van der Waals surface area contributed by atoms with Crippen LogP contribution in [0.3, 0.4) is 0 Å². The van der Waals surface area contributed by atoms with Crippen molar-refractivity contribution in [3.8, 4) is 11.5 Å². The zero-order valence-corrected chi connectivity index (χ0v) is 10.5. The van der Waals surface area contributed by atoms with Crippen molar-refractivity contribution in [2.75, 3.05) is 13.7 Å². The summed E-state index contributed by atoms with van der Waals surface area (Å²) in [5, 5.41) is 0. The van der Waals surface area contributed by atoms with Crippen molar-refractivity contribution in [1.29, 1.82) is 0 Å². The van der Waals surface area contributed by atoms with Gasteiger partial charge in [0, 0.05) is 17.0 Å². The molecule has 0 saturated heterocycles. The molecular formula is C14H18O3. The summed E-state index contributed by atoms with van der Waals surface area (Å²) in [6.45, 7) is 8.15. The molecule has 0 spiro atoms. The van der Waals surface area contributed by atoms with Crippen LogP contribution in [0.5, 0.6) is 11.5 Å². The molecule has 0 fully saturated rings. The third-order valence-electron chi connectivity index (χ3n) is 2.64. The summed E-state index contributed by atoms with van der Waals surface area (Å²) in [7, 11) is 1.58. The number of allylic oxidation sites excluding steroid dienone is 1. The first-order valence-corrected chi connectivity index (χ1v) is 5.60. The van der Waals surface area contributed by atoms with E-state index >= 15 is 0 Å². The number of hydrogen-bond acceptors (Lipinski definition) is 3. The number of methoxy groups -OCH3 is 1. The van der Waals surface area contributed by atoms with Crippen LogP contribution in [0.15, 0.2) is 24.8 Å². The highest BCUT2D eigenvalue weighted by Crippen LogP contribution is 2.38. The Morgan fingerprint density at radius 2 is 2.18 bits per heavy atom. The second-order valence-corrected chi connectivity index (χ2v) is 3.68. The van der Waals surface area contributed by atoms with Gasteiger partial charge in [-0.2, -0.15) is 0 Å². The summed E-state index contributed by atoms with van der Waals surface area (Å²) in [4.78, 5) is 11.1. The van der Waals surface area contributed by atoms with Gasteiger partial charge in [0.15, 0.2) is 11.5 Å². The third-order valence-corrected chi connectivity index (χ3v) is 2.64. The minimum atomic E-state index is 0.0341. The van der Waals surface area contributed by atoms with Crippen LogP contribution in [-0.4, -0.2) is 20.0 Å². The van der Waals surface area contributed by atoms with E-state index in [2.05, 4.69) is 6.58 Å². The molecule has 1 aromatic rings. The predicted molar refractivity (Wildman–Crippen MR) is 68.2 cm³/mol. The van der Waals surface area contributed by atoms with Gasteiger partial charge in [0.25, 0.3) is 0 Å². The molecule has 0 aliphatic heterocycles. The molecule has 0 bridgehead atoms. The predicted octanol–water partition coefficient (Wildman–Crippen LogP) is 3.20. The highest BCUT2D eigenvalue weighted by Gasteiger charge is 2.18. The minimum Gasteiger partial charge on any atom is -0.493 e. The average molecular weight is 234 g/mol. The monoisotopic (exact) mass is 234 g/mol. The fourth-order valence-electron chi connectivity index (χ4n) is 1.74. The second kappa shape index (κ2) is 6.09. The SMILES string of the molecule is C=CC(C)c1c(C=O)ccc(OC)c1OCC. The molecule has 0 amide bonds. The molecule has 0 radical (unpaired) electrons. The second-order valence-electron chi connectivity index (χ2n) is 3.68. The molecular weight excluding hydrogens is 216 g/mol. The molecule has 0 aliphatic carbocycles. The van der Waals surface area contributed by atoms with E-state index in [9.17, 15) is 4.79 Å². The van der Waals surface area contributed by atoms with Gasteiger partial charge in [-0.3, -0.25) is 4.79 Å². The Labute approximate surface area is 102 Å².